The third-order valence-corrected chi connectivity index (χ3v) is 7.47. The maximum Gasteiger partial charge on any atom is 0.338 e. The molecule has 3 aromatic rings. The molecule has 168 valence electrons. The number of carbonyl (C=O) groups excluding carboxylic acids is 2. The van der Waals surface area contributed by atoms with E-state index in [4.69, 9.17) is 4.74 Å². The van der Waals surface area contributed by atoms with Crippen LogP contribution in [-0.4, -0.2) is 45.4 Å². The quantitative estimate of drug-likeness (QED) is 0.443. The van der Waals surface area contributed by atoms with Gasteiger partial charge in [0.2, 0.25) is 0 Å². The number of hydrogen-bond donors (Lipinski definition) is 0. The van der Waals surface area contributed by atoms with Gasteiger partial charge in [-0.05, 0) is 48.7 Å². The van der Waals surface area contributed by atoms with Gasteiger partial charge in [-0.25, -0.2) is 13.2 Å². The number of thiophene rings is 1. The lowest BCUT2D eigenvalue weighted by molar-refractivity contribution is -0.133. The summed E-state index contributed by atoms with van der Waals surface area (Å²) in [6.45, 7) is 1.96. The zero-order chi connectivity index (χ0) is 23.1. The van der Waals surface area contributed by atoms with E-state index in [1.807, 2.05) is 17.5 Å². The molecule has 0 atom stereocenters. The second kappa shape index (κ2) is 10.4. The minimum Gasteiger partial charge on any atom is -0.452 e. The van der Waals surface area contributed by atoms with Crippen molar-refractivity contribution in [2.45, 2.75) is 18.4 Å². The van der Waals surface area contributed by atoms with Crippen LogP contribution < -0.4 is 4.31 Å². The summed E-state index contributed by atoms with van der Waals surface area (Å²) >= 11 is 1.53. The van der Waals surface area contributed by atoms with Crippen molar-refractivity contribution in [3.8, 4) is 0 Å². The number of anilines is 1. The van der Waals surface area contributed by atoms with Gasteiger partial charge in [0.05, 0.1) is 22.7 Å². The summed E-state index contributed by atoms with van der Waals surface area (Å²) in [5.74, 6) is -1.11. The fourth-order valence-electron chi connectivity index (χ4n) is 3.04. The second-order valence-electron chi connectivity index (χ2n) is 6.94. The van der Waals surface area contributed by atoms with Gasteiger partial charge in [0.25, 0.3) is 15.9 Å². The molecule has 32 heavy (non-hydrogen) atoms. The Hall–Kier alpha value is -3.17. The average molecular weight is 473 g/mol. The molecule has 0 saturated carbocycles. The maximum absolute atomic E-state index is 13.2. The van der Waals surface area contributed by atoms with Crippen LogP contribution in [-0.2, 0) is 26.1 Å². The topological polar surface area (TPSA) is 84.0 Å². The minimum atomic E-state index is -3.88. The van der Waals surface area contributed by atoms with E-state index in [9.17, 15) is 18.0 Å². The zero-order valence-electron chi connectivity index (χ0n) is 17.8. The highest BCUT2D eigenvalue weighted by molar-refractivity contribution is 7.92. The van der Waals surface area contributed by atoms with Crippen molar-refractivity contribution in [1.29, 1.82) is 0 Å². The smallest absolute Gasteiger partial charge is 0.338 e. The van der Waals surface area contributed by atoms with Crippen molar-refractivity contribution in [1.82, 2.24) is 4.90 Å². The first kappa shape index (κ1) is 23.5. The second-order valence-corrected chi connectivity index (χ2v) is 9.83. The molecule has 0 N–H and O–H groups in total. The lowest BCUT2D eigenvalue weighted by atomic mass is 10.2. The molecule has 0 fully saturated rings. The van der Waals surface area contributed by atoms with Crippen LogP contribution in [0.2, 0.25) is 0 Å². The van der Waals surface area contributed by atoms with E-state index in [0.717, 1.165) is 4.88 Å². The molecule has 0 bridgehead atoms. The standard InChI is InChI=1S/C23H24N2O5S2/c1-3-25(19-10-5-4-6-11-19)32(28,29)21-13-7-9-18(15-21)23(27)30-17-22(26)24(2)16-20-12-8-14-31-20/h4-15H,3,16-17H2,1-2H3. The van der Waals surface area contributed by atoms with Gasteiger partial charge in [0, 0.05) is 18.5 Å². The third kappa shape index (κ3) is 5.54. The van der Waals surface area contributed by atoms with Crippen LogP contribution in [0.1, 0.15) is 22.2 Å². The van der Waals surface area contributed by atoms with E-state index in [-0.39, 0.29) is 22.9 Å². The van der Waals surface area contributed by atoms with Crippen LogP contribution >= 0.6 is 11.3 Å². The first-order valence-electron chi connectivity index (χ1n) is 9.94. The fraction of sp³-hybridized carbons (Fsp3) is 0.217. The van der Waals surface area contributed by atoms with Crippen molar-refractivity contribution < 1.29 is 22.7 Å². The van der Waals surface area contributed by atoms with Crippen LogP contribution in [0, 0.1) is 0 Å². The van der Waals surface area contributed by atoms with E-state index in [1.54, 1.807) is 44.3 Å². The van der Waals surface area contributed by atoms with Gasteiger partial charge in [-0.15, -0.1) is 11.3 Å². The molecule has 1 aromatic heterocycles. The normalized spacial score (nSPS) is 11.1. The monoisotopic (exact) mass is 472 g/mol. The number of nitrogens with zero attached hydrogens (tertiary/aromatic N) is 2. The number of ether oxygens (including phenoxy) is 1. The van der Waals surface area contributed by atoms with Crippen molar-refractivity contribution in [3.05, 3.63) is 82.6 Å². The molecule has 7 nitrogen and oxygen atoms in total. The summed E-state index contributed by atoms with van der Waals surface area (Å²) in [6.07, 6.45) is 0. The molecular weight excluding hydrogens is 448 g/mol. The Morgan fingerprint density at radius 1 is 1.00 bits per heavy atom. The Kier molecular flexibility index (Phi) is 7.66. The molecule has 1 amide bonds. The van der Waals surface area contributed by atoms with Gasteiger partial charge in [0.1, 0.15) is 0 Å². The Bertz CT molecular complexity index is 1160. The van der Waals surface area contributed by atoms with Gasteiger partial charge in [-0.3, -0.25) is 9.10 Å². The van der Waals surface area contributed by atoms with Crippen molar-refractivity contribution in [2.24, 2.45) is 0 Å². The summed E-state index contributed by atoms with van der Waals surface area (Å²) in [6, 6.07) is 18.2. The molecule has 3 rings (SSSR count). The van der Waals surface area contributed by atoms with Crippen molar-refractivity contribution in [2.75, 3.05) is 24.5 Å². The first-order chi connectivity index (χ1) is 15.3. The molecule has 0 saturated heterocycles. The number of rotatable bonds is 9. The average Bonchev–Trinajstić information content (AvgIpc) is 3.31. The fourth-order valence-corrected chi connectivity index (χ4v) is 5.32. The molecule has 0 aliphatic heterocycles. The molecule has 0 unspecified atom stereocenters. The molecule has 0 aliphatic carbocycles. The Balaban J connectivity index is 1.69. The van der Waals surface area contributed by atoms with Crippen LogP contribution in [0.3, 0.4) is 0 Å². The van der Waals surface area contributed by atoms with E-state index in [1.165, 1.54) is 44.8 Å². The number of hydrogen-bond acceptors (Lipinski definition) is 6. The van der Waals surface area contributed by atoms with Gasteiger partial charge in [-0.1, -0.05) is 30.3 Å². The molecule has 0 aliphatic rings. The summed E-state index contributed by atoms with van der Waals surface area (Å²) in [4.78, 5) is 27.2. The van der Waals surface area contributed by atoms with Gasteiger partial charge in [0.15, 0.2) is 6.61 Å². The summed E-state index contributed by atoms with van der Waals surface area (Å²) in [5.41, 5.74) is 0.589. The van der Waals surface area contributed by atoms with Crippen molar-refractivity contribution >= 4 is 38.9 Å². The van der Waals surface area contributed by atoms with E-state index < -0.39 is 22.6 Å². The molecule has 1 heterocycles. The summed E-state index contributed by atoms with van der Waals surface area (Å²) < 4.78 is 32.7. The van der Waals surface area contributed by atoms with Gasteiger partial charge < -0.3 is 9.64 Å². The summed E-state index contributed by atoms with van der Waals surface area (Å²) in [7, 11) is -2.25. The first-order valence-corrected chi connectivity index (χ1v) is 12.3. The lowest BCUT2D eigenvalue weighted by Gasteiger charge is -2.23. The number of sulfonamides is 1. The number of carbonyl (C=O) groups is 2. The number of para-hydroxylation sites is 1. The van der Waals surface area contributed by atoms with Crippen molar-refractivity contribution in [3.63, 3.8) is 0 Å². The van der Waals surface area contributed by atoms with E-state index in [0.29, 0.717) is 12.2 Å². The summed E-state index contributed by atoms with van der Waals surface area (Å²) in [5, 5.41) is 1.92. The molecule has 2 aromatic carbocycles. The van der Waals surface area contributed by atoms with Gasteiger partial charge in [-0.2, -0.15) is 0 Å². The Labute approximate surface area is 191 Å². The number of amides is 1. The Morgan fingerprint density at radius 2 is 1.75 bits per heavy atom. The van der Waals surface area contributed by atoms with Gasteiger partial charge >= 0.3 is 5.97 Å². The highest BCUT2D eigenvalue weighted by Crippen LogP contribution is 2.24. The van der Waals surface area contributed by atoms with E-state index in [2.05, 4.69) is 0 Å². The van der Waals surface area contributed by atoms with Crippen LogP contribution in [0.15, 0.2) is 77.0 Å². The SMILES string of the molecule is CCN(c1ccccc1)S(=O)(=O)c1cccc(C(=O)OCC(=O)N(C)Cc2cccs2)c1. The molecule has 9 heteroatoms. The van der Waals surface area contributed by atoms with Crippen LogP contribution in [0.4, 0.5) is 5.69 Å². The molecule has 0 spiro atoms. The predicted molar refractivity (Wildman–Crippen MR) is 124 cm³/mol. The highest BCUT2D eigenvalue weighted by atomic mass is 32.2. The van der Waals surface area contributed by atoms with Crippen LogP contribution in [0.25, 0.3) is 0 Å². The number of benzene rings is 2. The number of esters is 1. The number of likely N-dealkylation sites (N-methyl/N-ethyl adjacent to an activating group) is 1. The molecule has 0 radical (unpaired) electrons. The zero-order valence-corrected chi connectivity index (χ0v) is 19.4. The Morgan fingerprint density at radius 3 is 2.41 bits per heavy atom. The molecular formula is C23H24N2O5S2. The van der Waals surface area contributed by atoms with E-state index >= 15 is 0 Å². The third-order valence-electron chi connectivity index (χ3n) is 4.71. The lowest BCUT2D eigenvalue weighted by Crippen LogP contribution is -2.31. The minimum absolute atomic E-state index is 0.0289. The maximum atomic E-state index is 13.2. The largest absolute Gasteiger partial charge is 0.452 e. The van der Waals surface area contributed by atoms with Crippen LogP contribution in [0.5, 0.6) is 0 Å². The highest BCUT2D eigenvalue weighted by Gasteiger charge is 2.25. The predicted octanol–water partition coefficient (Wildman–Crippen LogP) is 3.78.